The monoisotopic (exact) mass is 185 g/mol. The van der Waals surface area contributed by atoms with Crippen LogP contribution in [0.1, 0.15) is 39.5 Å². The molecule has 3 heteroatoms. The molecule has 0 bridgehead atoms. The van der Waals surface area contributed by atoms with Gasteiger partial charge in [0.25, 0.3) is 0 Å². The Morgan fingerprint density at radius 3 is 2.31 bits per heavy atom. The predicted octanol–water partition coefficient (Wildman–Crippen LogP) is 1.61. The summed E-state index contributed by atoms with van der Waals surface area (Å²) in [6, 6.07) is -0.168. The van der Waals surface area contributed by atoms with Gasteiger partial charge >= 0.3 is 5.97 Å². The number of hydrogen-bond acceptors (Lipinski definition) is 2. The molecular weight excluding hydrogens is 166 g/mol. The summed E-state index contributed by atoms with van der Waals surface area (Å²) in [7, 11) is 0. The zero-order valence-electron chi connectivity index (χ0n) is 8.42. The van der Waals surface area contributed by atoms with Crippen molar-refractivity contribution in [1.29, 1.82) is 0 Å². The average molecular weight is 185 g/mol. The van der Waals surface area contributed by atoms with E-state index in [1.807, 2.05) is 0 Å². The lowest BCUT2D eigenvalue weighted by molar-refractivity contribution is -0.139. The lowest BCUT2D eigenvalue weighted by Gasteiger charge is -2.49. The van der Waals surface area contributed by atoms with Crippen LogP contribution in [0, 0.1) is 11.3 Å². The van der Waals surface area contributed by atoms with E-state index in [9.17, 15) is 4.79 Å². The highest BCUT2D eigenvalue weighted by Gasteiger charge is 2.45. The summed E-state index contributed by atoms with van der Waals surface area (Å²) in [6.07, 6.45) is 3.50. The van der Waals surface area contributed by atoms with Crippen molar-refractivity contribution in [2.24, 2.45) is 17.1 Å². The summed E-state index contributed by atoms with van der Waals surface area (Å²) in [5.41, 5.74) is 6.04. The van der Waals surface area contributed by atoms with Crippen LogP contribution in [0.25, 0.3) is 0 Å². The molecule has 76 valence electrons. The molecule has 1 aliphatic carbocycles. The Hall–Kier alpha value is -0.570. The maximum absolute atomic E-state index is 10.5. The fraction of sp³-hybridized carbons (Fsp3) is 0.900. The highest BCUT2D eigenvalue weighted by molar-refractivity contribution is 5.67. The van der Waals surface area contributed by atoms with Gasteiger partial charge in [0.1, 0.15) is 0 Å². The molecular formula is C10H19NO2. The smallest absolute Gasteiger partial charge is 0.304 e. The quantitative estimate of drug-likeness (QED) is 0.699. The molecule has 1 fully saturated rings. The van der Waals surface area contributed by atoms with Crippen molar-refractivity contribution >= 4 is 5.97 Å². The number of nitrogens with two attached hydrogens (primary N) is 1. The molecule has 1 saturated carbocycles. The van der Waals surface area contributed by atoms with Gasteiger partial charge in [0.05, 0.1) is 6.42 Å². The van der Waals surface area contributed by atoms with Gasteiger partial charge in [0.15, 0.2) is 0 Å². The number of carboxylic acid groups (broad SMARTS) is 1. The van der Waals surface area contributed by atoms with Crippen LogP contribution in [0.4, 0.5) is 0 Å². The number of carboxylic acids is 1. The molecule has 0 amide bonds. The minimum absolute atomic E-state index is 0.109. The first-order valence-corrected chi connectivity index (χ1v) is 4.96. The first-order chi connectivity index (χ1) is 5.99. The molecule has 3 nitrogen and oxygen atoms in total. The highest BCUT2D eigenvalue weighted by atomic mass is 16.4. The summed E-state index contributed by atoms with van der Waals surface area (Å²) in [5, 5.41) is 8.67. The third-order valence-electron chi connectivity index (χ3n) is 3.57. The van der Waals surface area contributed by atoms with Crippen molar-refractivity contribution in [3.8, 4) is 0 Å². The van der Waals surface area contributed by atoms with E-state index in [4.69, 9.17) is 10.8 Å². The number of rotatable bonds is 4. The molecule has 0 aliphatic heterocycles. The normalized spacial score (nSPS) is 22.5. The molecule has 13 heavy (non-hydrogen) atoms. The van der Waals surface area contributed by atoms with Gasteiger partial charge in [-0.25, -0.2) is 0 Å². The molecule has 1 rings (SSSR count). The lowest BCUT2D eigenvalue weighted by Crippen LogP contribution is -2.51. The van der Waals surface area contributed by atoms with Crippen LogP contribution in [-0.2, 0) is 4.79 Å². The van der Waals surface area contributed by atoms with Gasteiger partial charge in [-0.3, -0.25) is 4.79 Å². The molecule has 0 aromatic carbocycles. The van der Waals surface area contributed by atoms with E-state index >= 15 is 0 Å². The van der Waals surface area contributed by atoms with Gasteiger partial charge < -0.3 is 10.8 Å². The SMILES string of the molecule is CC(C)C1(C(N)CC(=O)O)CCC1. The zero-order valence-corrected chi connectivity index (χ0v) is 8.42. The maximum Gasteiger partial charge on any atom is 0.304 e. The van der Waals surface area contributed by atoms with E-state index in [-0.39, 0.29) is 17.9 Å². The molecule has 1 atom stereocenters. The van der Waals surface area contributed by atoms with E-state index in [1.54, 1.807) is 0 Å². The summed E-state index contributed by atoms with van der Waals surface area (Å²) in [6.45, 7) is 4.28. The van der Waals surface area contributed by atoms with E-state index in [1.165, 1.54) is 6.42 Å². The number of aliphatic carboxylic acids is 1. The predicted molar refractivity (Wildman–Crippen MR) is 51.4 cm³/mol. The third-order valence-corrected chi connectivity index (χ3v) is 3.57. The molecule has 3 N–H and O–H groups in total. The highest BCUT2D eigenvalue weighted by Crippen LogP contribution is 2.49. The zero-order chi connectivity index (χ0) is 10.1. The number of hydrogen-bond donors (Lipinski definition) is 2. The van der Waals surface area contributed by atoms with Crippen LogP contribution >= 0.6 is 0 Å². The average Bonchev–Trinajstić information content (AvgIpc) is 1.79. The van der Waals surface area contributed by atoms with Gasteiger partial charge in [0, 0.05) is 6.04 Å². The van der Waals surface area contributed by atoms with Gasteiger partial charge in [-0.1, -0.05) is 20.3 Å². The summed E-state index contributed by atoms with van der Waals surface area (Å²) < 4.78 is 0. The number of carbonyl (C=O) groups is 1. The minimum Gasteiger partial charge on any atom is -0.481 e. The van der Waals surface area contributed by atoms with Crippen molar-refractivity contribution in [1.82, 2.24) is 0 Å². The molecule has 0 heterocycles. The Morgan fingerprint density at radius 2 is 2.08 bits per heavy atom. The van der Waals surface area contributed by atoms with Crippen molar-refractivity contribution in [3.63, 3.8) is 0 Å². The second-order valence-corrected chi connectivity index (χ2v) is 4.45. The largest absolute Gasteiger partial charge is 0.481 e. The second-order valence-electron chi connectivity index (χ2n) is 4.45. The van der Waals surface area contributed by atoms with Gasteiger partial charge in [-0.05, 0) is 24.2 Å². The van der Waals surface area contributed by atoms with Crippen LogP contribution in [0.3, 0.4) is 0 Å². The fourth-order valence-corrected chi connectivity index (χ4v) is 2.35. The molecule has 0 aromatic heterocycles. The standard InChI is InChI=1S/C10H19NO2/c1-7(2)10(4-3-5-10)8(11)6-9(12)13/h7-8H,3-6,11H2,1-2H3,(H,12,13). The van der Waals surface area contributed by atoms with Crippen LogP contribution in [0.2, 0.25) is 0 Å². The second kappa shape index (κ2) is 3.66. The van der Waals surface area contributed by atoms with E-state index in [0.717, 1.165) is 12.8 Å². The third kappa shape index (κ3) is 1.85. The van der Waals surface area contributed by atoms with E-state index < -0.39 is 5.97 Å². The first kappa shape index (κ1) is 10.5. The van der Waals surface area contributed by atoms with E-state index in [0.29, 0.717) is 5.92 Å². The Bertz CT molecular complexity index is 197. The topological polar surface area (TPSA) is 63.3 Å². The Kier molecular flexibility index (Phi) is 2.96. The van der Waals surface area contributed by atoms with Crippen LogP contribution in [0.15, 0.2) is 0 Å². The Morgan fingerprint density at radius 1 is 1.54 bits per heavy atom. The van der Waals surface area contributed by atoms with Crippen molar-refractivity contribution in [3.05, 3.63) is 0 Å². The van der Waals surface area contributed by atoms with Crippen molar-refractivity contribution in [2.45, 2.75) is 45.6 Å². The molecule has 0 radical (unpaired) electrons. The Labute approximate surface area is 79.3 Å². The van der Waals surface area contributed by atoms with Gasteiger partial charge in [-0.15, -0.1) is 0 Å². The summed E-state index contributed by atoms with van der Waals surface area (Å²) in [5.74, 6) is -0.282. The van der Waals surface area contributed by atoms with Crippen LogP contribution in [-0.4, -0.2) is 17.1 Å². The molecule has 0 saturated heterocycles. The summed E-state index contributed by atoms with van der Waals surface area (Å²) in [4.78, 5) is 10.5. The molecule has 0 aromatic rings. The van der Waals surface area contributed by atoms with Gasteiger partial charge in [0.2, 0.25) is 0 Å². The van der Waals surface area contributed by atoms with Crippen molar-refractivity contribution < 1.29 is 9.90 Å². The minimum atomic E-state index is -0.778. The van der Waals surface area contributed by atoms with Crippen LogP contribution in [0.5, 0.6) is 0 Å². The van der Waals surface area contributed by atoms with Gasteiger partial charge in [-0.2, -0.15) is 0 Å². The first-order valence-electron chi connectivity index (χ1n) is 4.96. The fourth-order valence-electron chi connectivity index (χ4n) is 2.35. The summed E-state index contributed by atoms with van der Waals surface area (Å²) >= 11 is 0. The lowest BCUT2D eigenvalue weighted by atomic mass is 9.57. The molecule has 0 spiro atoms. The molecule has 1 aliphatic rings. The maximum atomic E-state index is 10.5. The van der Waals surface area contributed by atoms with Crippen LogP contribution < -0.4 is 5.73 Å². The Balaban J connectivity index is 2.60. The van der Waals surface area contributed by atoms with Crippen molar-refractivity contribution in [2.75, 3.05) is 0 Å². The van der Waals surface area contributed by atoms with E-state index in [2.05, 4.69) is 13.8 Å². The molecule has 1 unspecified atom stereocenters.